The molecule has 2 N–H and O–H groups in total. The van der Waals surface area contributed by atoms with Crippen molar-refractivity contribution in [1.82, 2.24) is 14.7 Å². The second kappa shape index (κ2) is 5.74. The summed E-state index contributed by atoms with van der Waals surface area (Å²) in [6.45, 7) is 4.13. The van der Waals surface area contributed by atoms with E-state index in [-0.39, 0.29) is 11.3 Å². The first-order chi connectivity index (χ1) is 10.5. The van der Waals surface area contributed by atoms with Gasteiger partial charge in [-0.3, -0.25) is 4.79 Å². The standard InChI is InChI=1S/C16H19ClN4O/c1-16(10-18)6-8-20(11-16)15(22)14-5-7-21(19-14)13-4-2-3-12(17)9-13/h2-5,7,9H,6,8,10-11,18H2,1H3. The van der Waals surface area contributed by atoms with Gasteiger partial charge in [-0.05, 0) is 42.6 Å². The lowest BCUT2D eigenvalue weighted by molar-refractivity contribution is 0.0770. The number of aromatic nitrogens is 2. The fourth-order valence-corrected chi connectivity index (χ4v) is 2.91. The highest BCUT2D eigenvalue weighted by Gasteiger charge is 2.35. The summed E-state index contributed by atoms with van der Waals surface area (Å²) in [7, 11) is 0. The van der Waals surface area contributed by atoms with Crippen molar-refractivity contribution in [3.05, 3.63) is 47.2 Å². The van der Waals surface area contributed by atoms with Gasteiger partial charge >= 0.3 is 0 Å². The van der Waals surface area contributed by atoms with Crippen molar-refractivity contribution in [2.75, 3.05) is 19.6 Å². The van der Waals surface area contributed by atoms with Crippen molar-refractivity contribution >= 4 is 17.5 Å². The van der Waals surface area contributed by atoms with Crippen molar-refractivity contribution in [3.63, 3.8) is 0 Å². The van der Waals surface area contributed by atoms with Gasteiger partial charge in [0.25, 0.3) is 5.91 Å². The molecular formula is C16H19ClN4O. The van der Waals surface area contributed by atoms with E-state index in [2.05, 4.69) is 12.0 Å². The van der Waals surface area contributed by atoms with E-state index in [1.54, 1.807) is 23.0 Å². The second-order valence-corrected chi connectivity index (χ2v) is 6.55. The number of nitrogens with zero attached hydrogens (tertiary/aromatic N) is 3. The molecule has 2 aromatic rings. The minimum Gasteiger partial charge on any atom is -0.337 e. The summed E-state index contributed by atoms with van der Waals surface area (Å²) in [4.78, 5) is 14.4. The fourth-order valence-electron chi connectivity index (χ4n) is 2.73. The Bertz CT molecular complexity index is 699. The second-order valence-electron chi connectivity index (χ2n) is 6.12. The van der Waals surface area contributed by atoms with Crippen molar-refractivity contribution in [1.29, 1.82) is 0 Å². The minimum atomic E-state index is -0.0436. The van der Waals surface area contributed by atoms with Gasteiger partial charge in [0.05, 0.1) is 5.69 Å². The Hall–Kier alpha value is -1.85. The van der Waals surface area contributed by atoms with Crippen molar-refractivity contribution in [2.24, 2.45) is 11.1 Å². The third-order valence-electron chi connectivity index (χ3n) is 4.22. The molecule has 6 heteroatoms. The number of carbonyl (C=O) groups excluding carboxylic acids is 1. The van der Waals surface area contributed by atoms with E-state index in [0.29, 0.717) is 23.8 Å². The number of carbonyl (C=O) groups is 1. The predicted molar refractivity (Wildman–Crippen MR) is 86.3 cm³/mol. The van der Waals surface area contributed by atoms with Crippen LogP contribution in [0, 0.1) is 5.41 Å². The molecule has 5 nitrogen and oxygen atoms in total. The molecule has 0 spiro atoms. The predicted octanol–water partition coefficient (Wildman–Crippen LogP) is 2.34. The van der Waals surface area contributed by atoms with Crippen LogP contribution in [0.15, 0.2) is 36.5 Å². The van der Waals surface area contributed by atoms with Crippen LogP contribution in [0.4, 0.5) is 0 Å². The summed E-state index contributed by atoms with van der Waals surface area (Å²) in [5.74, 6) is -0.0436. The molecule has 1 atom stereocenters. The molecule has 1 aromatic carbocycles. The molecule has 3 rings (SSSR count). The highest BCUT2D eigenvalue weighted by Crippen LogP contribution is 2.29. The van der Waals surface area contributed by atoms with E-state index in [9.17, 15) is 4.79 Å². The van der Waals surface area contributed by atoms with Crippen LogP contribution in [0.3, 0.4) is 0 Å². The summed E-state index contributed by atoms with van der Waals surface area (Å²) in [6.07, 6.45) is 2.71. The third-order valence-corrected chi connectivity index (χ3v) is 4.45. The van der Waals surface area contributed by atoms with E-state index >= 15 is 0 Å². The zero-order valence-electron chi connectivity index (χ0n) is 12.5. The molecule has 22 heavy (non-hydrogen) atoms. The fraction of sp³-hybridized carbons (Fsp3) is 0.375. The van der Waals surface area contributed by atoms with Crippen LogP contribution < -0.4 is 5.73 Å². The number of halogens is 1. The average molecular weight is 319 g/mol. The maximum atomic E-state index is 12.5. The molecule has 1 fully saturated rings. The molecule has 1 aromatic heterocycles. The van der Waals surface area contributed by atoms with Gasteiger partial charge < -0.3 is 10.6 Å². The molecule has 1 aliphatic heterocycles. The van der Waals surface area contributed by atoms with Gasteiger partial charge in [-0.15, -0.1) is 0 Å². The van der Waals surface area contributed by atoms with Crippen LogP contribution in [0.1, 0.15) is 23.8 Å². The molecule has 2 heterocycles. The number of rotatable bonds is 3. The molecule has 0 radical (unpaired) electrons. The molecule has 0 bridgehead atoms. The van der Waals surface area contributed by atoms with Crippen LogP contribution in [0.25, 0.3) is 5.69 Å². The van der Waals surface area contributed by atoms with Crippen LogP contribution >= 0.6 is 11.6 Å². The summed E-state index contributed by atoms with van der Waals surface area (Å²) in [6, 6.07) is 9.10. The number of benzene rings is 1. The van der Waals surface area contributed by atoms with Gasteiger partial charge in [-0.25, -0.2) is 4.68 Å². The lowest BCUT2D eigenvalue weighted by Gasteiger charge is -2.22. The summed E-state index contributed by atoms with van der Waals surface area (Å²) in [5, 5.41) is 5.01. The van der Waals surface area contributed by atoms with Crippen LogP contribution in [0.5, 0.6) is 0 Å². The van der Waals surface area contributed by atoms with Gasteiger partial charge in [0.2, 0.25) is 0 Å². The molecule has 0 aliphatic carbocycles. The molecule has 116 valence electrons. The van der Waals surface area contributed by atoms with E-state index in [1.165, 1.54) is 0 Å². The highest BCUT2D eigenvalue weighted by atomic mass is 35.5. The third kappa shape index (κ3) is 2.87. The van der Waals surface area contributed by atoms with Crippen LogP contribution in [0.2, 0.25) is 5.02 Å². The van der Waals surface area contributed by atoms with E-state index in [1.807, 2.05) is 23.1 Å². The number of nitrogens with two attached hydrogens (primary N) is 1. The Labute approximate surface area is 134 Å². The van der Waals surface area contributed by atoms with Crippen molar-refractivity contribution in [3.8, 4) is 5.69 Å². The Morgan fingerprint density at radius 2 is 2.27 bits per heavy atom. The smallest absolute Gasteiger partial charge is 0.274 e. The van der Waals surface area contributed by atoms with Crippen LogP contribution in [-0.2, 0) is 0 Å². The Kier molecular flexibility index (Phi) is 3.93. The molecule has 1 amide bonds. The zero-order valence-corrected chi connectivity index (χ0v) is 13.3. The summed E-state index contributed by atoms with van der Waals surface area (Å²) in [5.41, 5.74) is 7.09. The normalized spacial score (nSPS) is 21.3. The van der Waals surface area contributed by atoms with Gasteiger partial charge in [-0.1, -0.05) is 24.6 Å². The SMILES string of the molecule is CC1(CN)CCN(C(=O)c2ccn(-c3cccc(Cl)c3)n2)C1. The molecule has 1 saturated heterocycles. The first kappa shape index (κ1) is 15.1. The Morgan fingerprint density at radius 3 is 2.95 bits per heavy atom. The summed E-state index contributed by atoms with van der Waals surface area (Å²) >= 11 is 5.99. The zero-order chi connectivity index (χ0) is 15.7. The highest BCUT2D eigenvalue weighted by molar-refractivity contribution is 6.30. The lowest BCUT2D eigenvalue weighted by Crippen LogP contribution is -2.34. The van der Waals surface area contributed by atoms with Gasteiger partial charge in [0.15, 0.2) is 5.69 Å². The quantitative estimate of drug-likeness (QED) is 0.944. The largest absolute Gasteiger partial charge is 0.337 e. The topological polar surface area (TPSA) is 64.2 Å². The minimum absolute atomic E-state index is 0.0190. The molecule has 0 saturated carbocycles. The van der Waals surface area contributed by atoms with E-state index in [4.69, 9.17) is 17.3 Å². The van der Waals surface area contributed by atoms with E-state index < -0.39 is 0 Å². The Morgan fingerprint density at radius 1 is 1.45 bits per heavy atom. The van der Waals surface area contributed by atoms with Gasteiger partial charge in [0.1, 0.15) is 0 Å². The summed E-state index contributed by atoms with van der Waals surface area (Å²) < 4.78 is 1.66. The molecule has 1 unspecified atom stereocenters. The first-order valence-electron chi connectivity index (χ1n) is 7.32. The number of amides is 1. The number of hydrogen-bond donors (Lipinski definition) is 1. The van der Waals surface area contributed by atoms with Crippen molar-refractivity contribution in [2.45, 2.75) is 13.3 Å². The molecular weight excluding hydrogens is 300 g/mol. The van der Waals surface area contributed by atoms with E-state index in [0.717, 1.165) is 18.7 Å². The maximum Gasteiger partial charge on any atom is 0.274 e. The first-order valence-corrected chi connectivity index (χ1v) is 7.69. The monoisotopic (exact) mass is 318 g/mol. The van der Waals surface area contributed by atoms with Gasteiger partial charge in [0, 0.05) is 24.3 Å². The number of hydrogen-bond acceptors (Lipinski definition) is 3. The van der Waals surface area contributed by atoms with Crippen molar-refractivity contribution < 1.29 is 4.79 Å². The Balaban J connectivity index is 1.78. The molecule has 1 aliphatic rings. The maximum absolute atomic E-state index is 12.5. The number of likely N-dealkylation sites (tertiary alicyclic amines) is 1. The lowest BCUT2D eigenvalue weighted by atomic mass is 9.90. The van der Waals surface area contributed by atoms with Crippen LogP contribution in [-0.4, -0.2) is 40.2 Å². The van der Waals surface area contributed by atoms with Gasteiger partial charge in [-0.2, -0.15) is 5.10 Å². The average Bonchev–Trinajstić information content (AvgIpc) is 3.14.